The van der Waals surface area contributed by atoms with Gasteiger partial charge in [-0.1, -0.05) is 0 Å². The summed E-state index contributed by atoms with van der Waals surface area (Å²) in [6.07, 6.45) is 1.20. The number of carbonyl (C=O) groups is 1. The lowest BCUT2D eigenvalue weighted by molar-refractivity contribution is 0.175. The molecule has 1 saturated heterocycles. The molecule has 1 atom stereocenters. The number of nitrogens with zero attached hydrogens (tertiary/aromatic N) is 3. The molecule has 2 aromatic rings. The second-order valence-corrected chi connectivity index (χ2v) is 5.94. The van der Waals surface area contributed by atoms with Crippen molar-refractivity contribution in [2.45, 2.75) is 6.04 Å². The predicted octanol–water partition coefficient (Wildman–Crippen LogP) is 2.55. The molecule has 6 nitrogen and oxygen atoms in total. The normalized spacial score (nSPS) is 18.1. The number of cyclic esters (lactones) is 1. The van der Waals surface area contributed by atoms with Crippen molar-refractivity contribution in [3.8, 4) is 5.88 Å². The van der Waals surface area contributed by atoms with Gasteiger partial charge in [-0.05, 0) is 46.9 Å². The number of hydrogen-bond acceptors (Lipinski definition) is 6. The fraction of sp³-hybridized carbons (Fsp3) is 0.250. The van der Waals surface area contributed by atoms with Gasteiger partial charge < -0.3 is 9.47 Å². The Kier molecular flexibility index (Phi) is 4.01. The van der Waals surface area contributed by atoms with Gasteiger partial charge in [-0.2, -0.15) is 4.37 Å². The quantitative estimate of drug-likeness (QED) is 0.735. The largest absolute Gasteiger partial charge is 0.474 e. The van der Waals surface area contributed by atoms with E-state index in [4.69, 9.17) is 9.47 Å². The third-order valence-electron chi connectivity index (χ3n) is 2.83. The highest BCUT2D eigenvalue weighted by atomic mass is 127. The lowest BCUT2D eigenvalue weighted by Gasteiger charge is -2.21. The molecular formula is C12H10IN3O3S. The smallest absolute Gasteiger partial charge is 0.414 e. The molecule has 1 amide bonds. The zero-order chi connectivity index (χ0) is 13.9. The van der Waals surface area contributed by atoms with Crippen molar-refractivity contribution in [3.05, 3.63) is 34.0 Å². The molecule has 1 fully saturated rings. The lowest BCUT2D eigenvalue weighted by atomic mass is 10.2. The first kappa shape index (κ1) is 13.6. The molecule has 104 valence electrons. The summed E-state index contributed by atoms with van der Waals surface area (Å²) in [4.78, 5) is 13.5. The molecule has 1 aliphatic rings. The van der Waals surface area contributed by atoms with Crippen LogP contribution in [0.3, 0.4) is 0 Å². The number of anilines is 1. The Bertz CT molecular complexity index is 591. The first-order valence-corrected chi connectivity index (χ1v) is 7.67. The highest BCUT2D eigenvalue weighted by molar-refractivity contribution is 14.1. The summed E-state index contributed by atoms with van der Waals surface area (Å²) in [7, 11) is 0. The van der Waals surface area contributed by atoms with Gasteiger partial charge in [-0.15, -0.1) is 4.37 Å². The first-order valence-electron chi connectivity index (χ1n) is 5.86. The predicted molar refractivity (Wildman–Crippen MR) is 82.2 cm³/mol. The maximum absolute atomic E-state index is 11.9. The summed E-state index contributed by atoms with van der Waals surface area (Å²) < 4.78 is 19.6. The molecule has 1 aromatic heterocycles. The van der Waals surface area contributed by atoms with Gasteiger partial charge in [0.15, 0.2) is 0 Å². The minimum absolute atomic E-state index is 0.163. The van der Waals surface area contributed by atoms with Crippen molar-refractivity contribution in [2.24, 2.45) is 0 Å². The first-order chi connectivity index (χ1) is 9.74. The minimum Gasteiger partial charge on any atom is -0.474 e. The van der Waals surface area contributed by atoms with Gasteiger partial charge in [0.2, 0.25) is 5.88 Å². The third-order valence-corrected chi connectivity index (χ3v) is 4.01. The molecule has 1 unspecified atom stereocenters. The topological polar surface area (TPSA) is 64.5 Å². The van der Waals surface area contributed by atoms with Gasteiger partial charge in [0, 0.05) is 9.26 Å². The fourth-order valence-electron chi connectivity index (χ4n) is 1.90. The Morgan fingerprint density at radius 2 is 2.25 bits per heavy atom. The maximum atomic E-state index is 11.9. The zero-order valence-electron chi connectivity index (χ0n) is 10.2. The molecular weight excluding hydrogens is 393 g/mol. The third kappa shape index (κ3) is 2.85. The summed E-state index contributed by atoms with van der Waals surface area (Å²) >= 11 is 3.30. The SMILES string of the molecule is O=C1OCC(COc2cnsn2)N1c1ccc(I)cc1. The zero-order valence-corrected chi connectivity index (χ0v) is 13.2. The second kappa shape index (κ2) is 5.92. The van der Waals surface area contributed by atoms with Crippen LogP contribution in [0, 0.1) is 3.57 Å². The Morgan fingerprint density at radius 3 is 2.95 bits per heavy atom. The Balaban J connectivity index is 1.73. The van der Waals surface area contributed by atoms with Gasteiger partial charge in [0.25, 0.3) is 0 Å². The lowest BCUT2D eigenvalue weighted by Crippen LogP contribution is -2.37. The fourth-order valence-corrected chi connectivity index (χ4v) is 2.63. The van der Waals surface area contributed by atoms with Crippen LogP contribution in [-0.2, 0) is 4.74 Å². The van der Waals surface area contributed by atoms with E-state index in [0.717, 1.165) is 21.0 Å². The van der Waals surface area contributed by atoms with Gasteiger partial charge in [-0.25, -0.2) is 4.79 Å². The number of hydrogen-bond donors (Lipinski definition) is 0. The average Bonchev–Trinajstić information content (AvgIpc) is 3.07. The molecule has 20 heavy (non-hydrogen) atoms. The molecule has 8 heteroatoms. The molecule has 0 bridgehead atoms. The number of halogens is 1. The summed E-state index contributed by atoms with van der Waals surface area (Å²) in [5, 5.41) is 0. The van der Waals surface area contributed by atoms with E-state index in [1.807, 2.05) is 24.3 Å². The molecule has 3 rings (SSSR count). The van der Waals surface area contributed by atoms with Crippen LogP contribution in [0.25, 0.3) is 0 Å². The molecule has 1 aromatic carbocycles. The van der Waals surface area contributed by atoms with Gasteiger partial charge in [-0.3, -0.25) is 4.90 Å². The van der Waals surface area contributed by atoms with Crippen molar-refractivity contribution in [1.29, 1.82) is 0 Å². The van der Waals surface area contributed by atoms with E-state index in [9.17, 15) is 4.79 Å². The van der Waals surface area contributed by atoms with E-state index in [1.54, 1.807) is 11.1 Å². The molecule has 0 radical (unpaired) electrons. The van der Waals surface area contributed by atoms with Gasteiger partial charge in [0.1, 0.15) is 25.5 Å². The van der Waals surface area contributed by atoms with Gasteiger partial charge >= 0.3 is 6.09 Å². The second-order valence-electron chi connectivity index (χ2n) is 4.13. The van der Waals surface area contributed by atoms with Crippen molar-refractivity contribution in [2.75, 3.05) is 18.1 Å². The van der Waals surface area contributed by atoms with Crippen LogP contribution in [0.2, 0.25) is 0 Å². The van der Waals surface area contributed by atoms with Crippen LogP contribution in [-0.4, -0.2) is 34.1 Å². The number of rotatable bonds is 4. The highest BCUT2D eigenvalue weighted by Gasteiger charge is 2.34. The maximum Gasteiger partial charge on any atom is 0.414 e. The number of aromatic nitrogens is 2. The van der Waals surface area contributed by atoms with Crippen LogP contribution in [0.15, 0.2) is 30.5 Å². The summed E-state index contributed by atoms with van der Waals surface area (Å²) in [5.74, 6) is 0.469. The van der Waals surface area contributed by atoms with Crippen LogP contribution in [0.5, 0.6) is 5.88 Å². The Morgan fingerprint density at radius 1 is 1.45 bits per heavy atom. The molecule has 0 aliphatic carbocycles. The van der Waals surface area contributed by atoms with Crippen molar-refractivity contribution in [3.63, 3.8) is 0 Å². The summed E-state index contributed by atoms with van der Waals surface area (Å²) in [6, 6.07) is 7.52. The van der Waals surface area contributed by atoms with Crippen LogP contribution < -0.4 is 9.64 Å². The summed E-state index contributed by atoms with van der Waals surface area (Å²) in [6.45, 7) is 0.630. The average molecular weight is 403 g/mol. The van der Waals surface area contributed by atoms with E-state index in [2.05, 4.69) is 31.3 Å². The van der Waals surface area contributed by atoms with Crippen molar-refractivity contribution < 1.29 is 14.3 Å². The van der Waals surface area contributed by atoms with Crippen LogP contribution >= 0.6 is 34.3 Å². The molecule has 0 N–H and O–H groups in total. The minimum atomic E-state index is -0.351. The van der Waals surface area contributed by atoms with Crippen LogP contribution in [0.4, 0.5) is 10.5 Å². The van der Waals surface area contributed by atoms with E-state index < -0.39 is 0 Å². The van der Waals surface area contributed by atoms with E-state index >= 15 is 0 Å². The van der Waals surface area contributed by atoms with E-state index in [-0.39, 0.29) is 12.1 Å². The number of amides is 1. The van der Waals surface area contributed by atoms with Gasteiger partial charge in [0.05, 0.1) is 11.7 Å². The number of ether oxygens (including phenoxy) is 2. The molecule has 0 spiro atoms. The Labute approximate surface area is 133 Å². The summed E-state index contributed by atoms with van der Waals surface area (Å²) in [5.41, 5.74) is 0.804. The monoisotopic (exact) mass is 403 g/mol. The number of benzene rings is 1. The number of carbonyl (C=O) groups excluding carboxylic acids is 1. The molecule has 0 saturated carbocycles. The molecule has 1 aliphatic heterocycles. The molecule has 2 heterocycles. The van der Waals surface area contributed by atoms with E-state index in [1.165, 1.54) is 0 Å². The highest BCUT2D eigenvalue weighted by Crippen LogP contribution is 2.24. The van der Waals surface area contributed by atoms with Crippen LogP contribution in [0.1, 0.15) is 0 Å². The van der Waals surface area contributed by atoms with Crippen molar-refractivity contribution >= 4 is 46.1 Å². The van der Waals surface area contributed by atoms with E-state index in [0.29, 0.717) is 19.1 Å². The van der Waals surface area contributed by atoms with Crippen molar-refractivity contribution in [1.82, 2.24) is 8.75 Å². The standard InChI is InChI=1S/C12H10IN3O3S/c13-8-1-3-9(4-2-8)16-10(7-19-12(16)17)6-18-11-5-14-20-15-11/h1-5,10H,6-7H2. The Hall–Kier alpha value is -1.42.